The lowest BCUT2D eigenvalue weighted by Gasteiger charge is -2.21. The molecule has 0 amide bonds. The van der Waals surface area contributed by atoms with E-state index in [2.05, 4.69) is 15.3 Å². The Bertz CT molecular complexity index is 1250. The molecule has 13 heteroatoms. The first-order valence-electron chi connectivity index (χ1n) is 10.2. The van der Waals surface area contributed by atoms with Gasteiger partial charge in [0.2, 0.25) is 0 Å². The van der Waals surface area contributed by atoms with Gasteiger partial charge in [-0.25, -0.2) is 22.8 Å². The molecule has 8 nitrogen and oxygen atoms in total. The van der Waals surface area contributed by atoms with Crippen LogP contribution in [-0.4, -0.2) is 59.2 Å². The monoisotopic (exact) mass is 499 g/mol. The smallest absolute Gasteiger partial charge is 0.422 e. The number of hydrogen-bond acceptors (Lipinski definition) is 6. The zero-order valence-electron chi connectivity index (χ0n) is 17.9. The summed E-state index contributed by atoms with van der Waals surface area (Å²) in [5.74, 6) is -0.640. The summed E-state index contributed by atoms with van der Waals surface area (Å²) in [7, 11) is -2.25. The number of rotatable bonds is 7. The molecule has 1 saturated heterocycles. The Kier molecular flexibility index (Phi) is 6.49. The topological polar surface area (TPSA) is 89.4 Å². The number of benzene rings is 1. The minimum absolute atomic E-state index is 0.0379. The second-order valence-electron chi connectivity index (χ2n) is 7.89. The standard InChI is InChI=1S/C21H21F4N5O3S/c1-29-11-20(27-13-29)34(31,32)30-9-17(14-2-4-15(22)5-3-14)18(10-30)28-19-8-16(6-7-26-19)33-12-21(23,24)25/h2-8,11,13,17-18H,9-10,12H2,1H3,(H,26,28)/t17-,18+/m1/s1. The molecule has 0 aliphatic carbocycles. The summed E-state index contributed by atoms with van der Waals surface area (Å²) in [6, 6.07) is 7.81. The van der Waals surface area contributed by atoms with E-state index < -0.39 is 34.7 Å². The van der Waals surface area contributed by atoms with E-state index in [1.54, 1.807) is 19.2 Å². The van der Waals surface area contributed by atoms with Crippen LogP contribution in [0.1, 0.15) is 11.5 Å². The maximum Gasteiger partial charge on any atom is 0.422 e. The number of imidazole rings is 1. The third-order valence-corrected chi connectivity index (χ3v) is 7.05. The first kappa shape index (κ1) is 24.0. The molecule has 0 saturated carbocycles. The van der Waals surface area contributed by atoms with Crippen LogP contribution in [0.15, 0.2) is 60.1 Å². The highest BCUT2D eigenvalue weighted by atomic mass is 32.2. The molecule has 4 rings (SSSR count). The van der Waals surface area contributed by atoms with Crippen molar-refractivity contribution < 1.29 is 30.7 Å². The lowest BCUT2D eigenvalue weighted by Crippen LogP contribution is -2.32. The van der Waals surface area contributed by atoms with Gasteiger partial charge in [-0.1, -0.05) is 12.1 Å². The minimum Gasteiger partial charge on any atom is -0.484 e. The molecule has 0 unspecified atom stereocenters. The Balaban J connectivity index is 1.59. The average Bonchev–Trinajstić information content (AvgIpc) is 3.40. The first-order valence-corrected chi connectivity index (χ1v) is 11.6. The molecule has 0 radical (unpaired) electrons. The Morgan fingerprint density at radius 3 is 2.53 bits per heavy atom. The summed E-state index contributed by atoms with van der Waals surface area (Å²) in [6.07, 6.45) is -0.423. The van der Waals surface area contributed by atoms with Gasteiger partial charge in [0.15, 0.2) is 11.6 Å². The number of ether oxygens (including phenoxy) is 1. The molecule has 0 bridgehead atoms. The van der Waals surface area contributed by atoms with Crippen molar-refractivity contribution in [2.75, 3.05) is 25.0 Å². The van der Waals surface area contributed by atoms with Crippen molar-refractivity contribution in [3.63, 3.8) is 0 Å². The fourth-order valence-electron chi connectivity index (χ4n) is 3.75. The molecule has 2 aromatic heterocycles. The van der Waals surface area contributed by atoms with Crippen LogP contribution in [-0.2, 0) is 17.1 Å². The number of nitrogens with one attached hydrogen (secondary N) is 1. The molecule has 3 aromatic rings. The third-order valence-electron chi connectivity index (χ3n) is 5.34. The number of aromatic nitrogens is 3. The van der Waals surface area contributed by atoms with Crippen molar-refractivity contribution in [2.24, 2.45) is 7.05 Å². The van der Waals surface area contributed by atoms with Crippen molar-refractivity contribution in [3.8, 4) is 5.75 Å². The van der Waals surface area contributed by atoms with Crippen LogP contribution < -0.4 is 10.1 Å². The summed E-state index contributed by atoms with van der Waals surface area (Å²) in [5, 5.41) is 3.00. The number of halogens is 4. The predicted molar refractivity (Wildman–Crippen MR) is 114 cm³/mol. The lowest BCUT2D eigenvalue weighted by molar-refractivity contribution is -0.153. The van der Waals surface area contributed by atoms with E-state index >= 15 is 0 Å². The molecule has 1 aliphatic heterocycles. The summed E-state index contributed by atoms with van der Waals surface area (Å²) in [5.41, 5.74) is 0.696. The number of pyridine rings is 1. The molecule has 182 valence electrons. The molecule has 0 spiro atoms. The fraction of sp³-hybridized carbons (Fsp3) is 0.333. The molecule has 1 fully saturated rings. The Morgan fingerprint density at radius 2 is 1.88 bits per heavy atom. The van der Waals surface area contributed by atoms with E-state index in [0.29, 0.717) is 5.56 Å². The zero-order chi connectivity index (χ0) is 24.5. The number of alkyl halides is 3. The van der Waals surface area contributed by atoms with Crippen LogP contribution in [0.3, 0.4) is 0 Å². The van der Waals surface area contributed by atoms with Crippen LogP contribution in [0.2, 0.25) is 0 Å². The van der Waals surface area contributed by atoms with Gasteiger partial charge in [-0.05, 0) is 23.8 Å². The van der Waals surface area contributed by atoms with Crippen molar-refractivity contribution in [2.45, 2.75) is 23.2 Å². The molecular weight excluding hydrogens is 478 g/mol. The van der Waals surface area contributed by atoms with E-state index in [4.69, 9.17) is 4.74 Å². The van der Waals surface area contributed by atoms with Gasteiger partial charge in [-0.2, -0.15) is 17.5 Å². The maximum absolute atomic E-state index is 13.5. The number of hydrogen-bond donors (Lipinski definition) is 1. The fourth-order valence-corrected chi connectivity index (χ4v) is 5.21. The van der Waals surface area contributed by atoms with E-state index in [1.165, 1.54) is 51.9 Å². The van der Waals surface area contributed by atoms with E-state index in [-0.39, 0.29) is 35.6 Å². The predicted octanol–water partition coefficient (Wildman–Crippen LogP) is 3.16. The number of nitrogens with zero attached hydrogens (tertiary/aromatic N) is 4. The highest BCUT2D eigenvalue weighted by Crippen LogP contribution is 2.33. The molecule has 2 atom stereocenters. The largest absolute Gasteiger partial charge is 0.484 e. The maximum atomic E-state index is 13.5. The highest BCUT2D eigenvalue weighted by molar-refractivity contribution is 7.89. The summed E-state index contributed by atoms with van der Waals surface area (Å²) < 4.78 is 84.7. The average molecular weight is 499 g/mol. The number of anilines is 1. The van der Waals surface area contributed by atoms with Gasteiger partial charge in [-0.15, -0.1) is 0 Å². The van der Waals surface area contributed by atoms with E-state index in [1.807, 2.05) is 0 Å². The van der Waals surface area contributed by atoms with Gasteiger partial charge in [0.25, 0.3) is 10.0 Å². The van der Waals surface area contributed by atoms with Crippen molar-refractivity contribution in [3.05, 3.63) is 66.5 Å². The number of aryl methyl sites for hydroxylation is 1. The Labute approximate surface area is 193 Å². The summed E-state index contributed by atoms with van der Waals surface area (Å²) >= 11 is 0. The van der Waals surface area contributed by atoms with Crippen LogP contribution in [0.4, 0.5) is 23.4 Å². The normalized spacial score (nSPS) is 19.3. The summed E-state index contributed by atoms with van der Waals surface area (Å²) in [4.78, 5) is 8.07. The van der Waals surface area contributed by atoms with Crippen molar-refractivity contribution in [1.29, 1.82) is 0 Å². The Morgan fingerprint density at radius 1 is 1.15 bits per heavy atom. The van der Waals surface area contributed by atoms with E-state index in [0.717, 1.165) is 0 Å². The van der Waals surface area contributed by atoms with Gasteiger partial charge in [0.1, 0.15) is 17.4 Å². The second-order valence-corrected chi connectivity index (χ2v) is 9.77. The summed E-state index contributed by atoms with van der Waals surface area (Å²) in [6.45, 7) is -1.32. The number of sulfonamides is 1. The Hall–Kier alpha value is -3.19. The lowest BCUT2D eigenvalue weighted by atomic mass is 9.94. The van der Waals surface area contributed by atoms with Gasteiger partial charge in [0, 0.05) is 50.6 Å². The molecular formula is C21H21F4N5O3S. The van der Waals surface area contributed by atoms with Crippen LogP contribution >= 0.6 is 0 Å². The van der Waals surface area contributed by atoms with Gasteiger partial charge in [0.05, 0.1) is 6.33 Å². The molecule has 1 aromatic carbocycles. The minimum atomic E-state index is -4.49. The van der Waals surface area contributed by atoms with Crippen molar-refractivity contribution in [1.82, 2.24) is 18.8 Å². The first-order chi connectivity index (χ1) is 16.0. The van der Waals surface area contributed by atoms with Crippen LogP contribution in [0, 0.1) is 5.82 Å². The van der Waals surface area contributed by atoms with Crippen LogP contribution in [0.5, 0.6) is 5.75 Å². The third kappa shape index (κ3) is 5.47. The van der Waals surface area contributed by atoms with Gasteiger partial charge in [-0.3, -0.25) is 0 Å². The molecule has 1 N–H and O–H groups in total. The second kappa shape index (κ2) is 9.22. The van der Waals surface area contributed by atoms with Crippen molar-refractivity contribution >= 4 is 15.8 Å². The van der Waals surface area contributed by atoms with Gasteiger partial charge >= 0.3 is 6.18 Å². The zero-order valence-corrected chi connectivity index (χ0v) is 18.7. The quantitative estimate of drug-likeness (QED) is 0.503. The highest BCUT2D eigenvalue weighted by Gasteiger charge is 2.41. The SMILES string of the molecule is Cn1cnc(S(=O)(=O)N2C[C@H](Nc3cc(OCC(F)(F)F)ccn3)[C@@H](c3ccc(F)cc3)C2)c1. The molecule has 3 heterocycles. The van der Waals surface area contributed by atoms with Crippen LogP contribution in [0.25, 0.3) is 0 Å². The van der Waals surface area contributed by atoms with E-state index in [9.17, 15) is 26.0 Å². The molecule has 34 heavy (non-hydrogen) atoms. The molecule has 1 aliphatic rings. The van der Waals surface area contributed by atoms with Gasteiger partial charge < -0.3 is 14.6 Å².